The Morgan fingerprint density at radius 1 is 0.962 bits per heavy atom. The number of benzene rings is 1. The van der Waals surface area contributed by atoms with Crippen molar-refractivity contribution in [3.05, 3.63) is 35.9 Å². The van der Waals surface area contributed by atoms with E-state index in [1.54, 1.807) is 19.2 Å². The van der Waals surface area contributed by atoms with Gasteiger partial charge in [-0.05, 0) is 46.2 Å². The van der Waals surface area contributed by atoms with Crippen molar-refractivity contribution in [3.8, 4) is 0 Å². The van der Waals surface area contributed by atoms with Crippen molar-refractivity contribution >= 4 is 11.9 Å². The minimum Gasteiger partial charge on any atom is -0.356 e. The van der Waals surface area contributed by atoms with E-state index >= 15 is 0 Å². The topological polar surface area (TPSA) is 68.8 Å². The summed E-state index contributed by atoms with van der Waals surface area (Å²) < 4.78 is 0. The van der Waals surface area contributed by atoms with Gasteiger partial charge in [-0.25, -0.2) is 0 Å². The van der Waals surface area contributed by atoms with Gasteiger partial charge in [-0.15, -0.1) is 0 Å². The molecule has 1 amide bonds. The fourth-order valence-electron chi connectivity index (χ4n) is 2.85. The first-order chi connectivity index (χ1) is 12.5. The van der Waals surface area contributed by atoms with Crippen molar-refractivity contribution in [2.75, 3.05) is 33.2 Å². The second-order valence-corrected chi connectivity index (χ2v) is 6.83. The summed E-state index contributed by atoms with van der Waals surface area (Å²) in [6.07, 6.45) is 1.06. The molecule has 0 bridgehead atoms. The minimum atomic E-state index is -0.0576. The lowest BCUT2D eigenvalue weighted by Crippen LogP contribution is -2.43. The predicted octanol–water partition coefficient (Wildman–Crippen LogP) is 2.09. The summed E-state index contributed by atoms with van der Waals surface area (Å²) in [4.78, 5) is 18.7. The van der Waals surface area contributed by atoms with Gasteiger partial charge in [-0.1, -0.05) is 18.2 Å². The summed E-state index contributed by atoms with van der Waals surface area (Å²) in [5, 5.41) is 9.44. The maximum atomic E-state index is 12.0. The summed E-state index contributed by atoms with van der Waals surface area (Å²) in [5.41, 5.74) is 0.676. The summed E-state index contributed by atoms with van der Waals surface area (Å²) >= 11 is 0. The zero-order valence-corrected chi connectivity index (χ0v) is 16.9. The molecule has 1 rings (SSSR count). The largest absolute Gasteiger partial charge is 0.356 e. The van der Waals surface area contributed by atoms with Crippen LogP contribution < -0.4 is 16.0 Å². The van der Waals surface area contributed by atoms with E-state index in [1.165, 1.54) is 0 Å². The van der Waals surface area contributed by atoms with E-state index in [2.05, 4.69) is 53.5 Å². The molecule has 0 aliphatic heterocycles. The van der Waals surface area contributed by atoms with Crippen molar-refractivity contribution < 1.29 is 4.79 Å². The molecule has 0 unspecified atom stereocenters. The van der Waals surface area contributed by atoms with Crippen LogP contribution in [-0.2, 0) is 0 Å². The molecule has 0 aromatic heterocycles. The van der Waals surface area contributed by atoms with Crippen molar-refractivity contribution in [1.29, 1.82) is 0 Å². The van der Waals surface area contributed by atoms with Gasteiger partial charge in [0.2, 0.25) is 0 Å². The monoisotopic (exact) mass is 361 g/mol. The minimum absolute atomic E-state index is 0.0576. The molecule has 1 aromatic carbocycles. The van der Waals surface area contributed by atoms with Crippen molar-refractivity contribution in [1.82, 2.24) is 20.9 Å². The summed E-state index contributed by atoms with van der Waals surface area (Å²) in [5.74, 6) is 0.706. The second-order valence-electron chi connectivity index (χ2n) is 6.83. The van der Waals surface area contributed by atoms with Crippen LogP contribution >= 0.6 is 0 Å². The number of aliphatic imine (C=N–C) groups is 1. The second kappa shape index (κ2) is 12.3. The van der Waals surface area contributed by atoms with E-state index in [9.17, 15) is 4.79 Å². The average molecular weight is 362 g/mol. The van der Waals surface area contributed by atoms with Crippen LogP contribution in [0.15, 0.2) is 35.3 Å². The molecule has 6 heteroatoms. The van der Waals surface area contributed by atoms with Gasteiger partial charge in [-0.3, -0.25) is 14.7 Å². The molecule has 0 saturated heterocycles. The Bertz CT molecular complexity index is 534. The molecule has 0 atom stereocenters. The third-order valence-corrected chi connectivity index (χ3v) is 4.17. The molecule has 0 aliphatic rings. The van der Waals surface area contributed by atoms with Gasteiger partial charge < -0.3 is 16.0 Å². The molecule has 0 saturated carbocycles. The Labute approximate surface area is 158 Å². The molecule has 0 heterocycles. The highest BCUT2D eigenvalue weighted by Gasteiger charge is 2.12. The quantitative estimate of drug-likeness (QED) is 0.339. The maximum Gasteiger partial charge on any atom is 0.251 e. The zero-order chi connectivity index (χ0) is 19.4. The van der Waals surface area contributed by atoms with Gasteiger partial charge in [0, 0.05) is 50.9 Å². The van der Waals surface area contributed by atoms with Gasteiger partial charge in [-0.2, -0.15) is 0 Å². The lowest BCUT2D eigenvalue weighted by Gasteiger charge is -2.30. The van der Waals surface area contributed by atoms with Crippen LogP contribution in [0.5, 0.6) is 0 Å². The molecule has 3 N–H and O–H groups in total. The standard InChI is InChI=1S/C20H35N5O/c1-16(2)25(17(3)4)15-9-12-23-20(21-5)24-14-13-22-19(26)18-10-7-6-8-11-18/h6-8,10-11,16-17H,9,12-15H2,1-5H3,(H,22,26)(H2,21,23,24). The molecule has 146 valence electrons. The molecule has 1 aromatic rings. The van der Waals surface area contributed by atoms with Crippen molar-refractivity contribution in [2.24, 2.45) is 4.99 Å². The Hall–Kier alpha value is -2.08. The predicted molar refractivity (Wildman–Crippen MR) is 110 cm³/mol. The van der Waals surface area contributed by atoms with Crippen LogP contribution in [0, 0.1) is 0 Å². The van der Waals surface area contributed by atoms with Crippen LogP contribution in [0.2, 0.25) is 0 Å². The first kappa shape index (κ1) is 22.0. The van der Waals surface area contributed by atoms with Crippen molar-refractivity contribution in [2.45, 2.75) is 46.2 Å². The number of amides is 1. The highest BCUT2D eigenvalue weighted by atomic mass is 16.1. The number of carbonyl (C=O) groups excluding carboxylic acids is 1. The van der Waals surface area contributed by atoms with E-state index in [1.807, 2.05) is 18.2 Å². The number of carbonyl (C=O) groups is 1. The van der Waals surface area contributed by atoms with Crippen LogP contribution in [0.25, 0.3) is 0 Å². The van der Waals surface area contributed by atoms with E-state index < -0.39 is 0 Å². The first-order valence-corrected chi connectivity index (χ1v) is 9.49. The van der Waals surface area contributed by atoms with Gasteiger partial charge >= 0.3 is 0 Å². The van der Waals surface area contributed by atoms with Crippen LogP contribution in [0.4, 0.5) is 0 Å². The SMILES string of the molecule is CN=C(NCCCN(C(C)C)C(C)C)NCCNC(=O)c1ccccc1. The highest BCUT2D eigenvalue weighted by molar-refractivity contribution is 5.94. The molecule has 6 nitrogen and oxygen atoms in total. The maximum absolute atomic E-state index is 12.0. The van der Waals surface area contributed by atoms with Gasteiger partial charge in [0.1, 0.15) is 0 Å². The van der Waals surface area contributed by atoms with Gasteiger partial charge in [0.05, 0.1) is 0 Å². The molecule has 0 spiro atoms. The van der Waals surface area contributed by atoms with E-state index in [4.69, 9.17) is 0 Å². The smallest absolute Gasteiger partial charge is 0.251 e. The summed E-state index contributed by atoms with van der Waals surface area (Å²) in [6.45, 7) is 12.0. The third-order valence-electron chi connectivity index (χ3n) is 4.17. The van der Waals surface area contributed by atoms with Gasteiger partial charge in [0.25, 0.3) is 5.91 Å². The Morgan fingerprint density at radius 3 is 2.12 bits per heavy atom. The average Bonchev–Trinajstić information content (AvgIpc) is 2.63. The van der Waals surface area contributed by atoms with E-state index in [-0.39, 0.29) is 5.91 Å². The number of rotatable bonds is 10. The fourth-order valence-corrected chi connectivity index (χ4v) is 2.85. The Morgan fingerprint density at radius 2 is 1.54 bits per heavy atom. The normalized spacial score (nSPS) is 11.9. The highest BCUT2D eigenvalue weighted by Crippen LogP contribution is 2.05. The molecular weight excluding hydrogens is 326 g/mol. The van der Waals surface area contributed by atoms with Crippen molar-refractivity contribution in [3.63, 3.8) is 0 Å². The molecule has 26 heavy (non-hydrogen) atoms. The first-order valence-electron chi connectivity index (χ1n) is 9.49. The van der Waals surface area contributed by atoms with Crippen LogP contribution in [0.3, 0.4) is 0 Å². The molecule has 0 fully saturated rings. The number of hydrogen-bond donors (Lipinski definition) is 3. The number of hydrogen-bond acceptors (Lipinski definition) is 3. The van der Waals surface area contributed by atoms with E-state index in [0.717, 1.165) is 25.5 Å². The number of nitrogens with one attached hydrogen (secondary N) is 3. The zero-order valence-electron chi connectivity index (χ0n) is 16.9. The molecule has 0 radical (unpaired) electrons. The third kappa shape index (κ3) is 8.34. The van der Waals surface area contributed by atoms with Gasteiger partial charge in [0.15, 0.2) is 5.96 Å². The lowest BCUT2D eigenvalue weighted by molar-refractivity contribution is 0.0954. The Balaban J connectivity index is 2.20. The number of guanidine groups is 1. The van der Waals surface area contributed by atoms with Crippen LogP contribution in [0.1, 0.15) is 44.5 Å². The molecular formula is C20H35N5O. The molecule has 0 aliphatic carbocycles. The van der Waals surface area contributed by atoms with E-state index in [0.29, 0.717) is 30.7 Å². The fraction of sp³-hybridized carbons (Fsp3) is 0.600. The number of nitrogens with zero attached hydrogens (tertiary/aromatic N) is 2. The summed E-state index contributed by atoms with van der Waals surface area (Å²) in [7, 11) is 1.76. The summed E-state index contributed by atoms with van der Waals surface area (Å²) in [6, 6.07) is 10.3. The Kier molecular flexibility index (Phi) is 10.4. The lowest BCUT2D eigenvalue weighted by atomic mass is 10.2. The van der Waals surface area contributed by atoms with Crippen LogP contribution in [-0.4, -0.2) is 62.1 Å².